The molecule has 152 valence electrons. The minimum absolute atomic E-state index is 0.0243. The highest BCUT2D eigenvalue weighted by Crippen LogP contribution is 2.27. The van der Waals surface area contributed by atoms with E-state index in [4.69, 9.17) is 10.5 Å². The number of fused-ring (bicyclic) bond motifs is 2. The van der Waals surface area contributed by atoms with Crippen molar-refractivity contribution in [1.29, 1.82) is 0 Å². The van der Waals surface area contributed by atoms with Crippen molar-refractivity contribution in [1.82, 2.24) is 15.0 Å². The molecule has 1 amide bonds. The number of methoxy groups -OCH3 is 1. The Bertz CT molecular complexity index is 1220. The molecule has 4 aromatic rings. The molecule has 2 heterocycles. The molecule has 2 aromatic heterocycles. The Morgan fingerprint density at radius 1 is 1.20 bits per heavy atom. The standard InChI is InChI=1S/C22H22N6O2/c1-13(23)11-25-18-8-7-16(20-17(18)12-26-22(28-20)30-2)21(29)27-15-6-5-14-4-3-9-24-19(14)10-15/h3-10,12-13,25H,11,23H2,1-2H3,(H,27,29)/t13-/m0/s1. The number of aromatic nitrogens is 3. The van der Waals surface area contributed by atoms with Crippen LogP contribution in [0.3, 0.4) is 0 Å². The van der Waals surface area contributed by atoms with Crippen LogP contribution >= 0.6 is 0 Å². The van der Waals surface area contributed by atoms with E-state index in [2.05, 4.69) is 25.6 Å². The third-order valence-corrected chi connectivity index (χ3v) is 4.63. The van der Waals surface area contributed by atoms with Crippen molar-refractivity contribution in [3.8, 4) is 6.01 Å². The summed E-state index contributed by atoms with van der Waals surface area (Å²) in [7, 11) is 1.49. The zero-order valence-corrected chi connectivity index (χ0v) is 16.7. The zero-order chi connectivity index (χ0) is 21.1. The number of nitrogens with zero attached hydrogens (tertiary/aromatic N) is 3. The summed E-state index contributed by atoms with van der Waals surface area (Å²) in [6.07, 6.45) is 3.36. The lowest BCUT2D eigenvalue weighted by Crippen LogP contribution is -2.25. The van der Waals surface area contributed by atoms with E-state index in [1.165, 1.54) is 7.11 Å². The van der Waals surface area contributed by atoms with Gasteiger partial charge in [0, 0.05) is 47.1 Å². The Morgan fingerprint density at radius 2 is 2.07 bits per heavy atom. The molecule has 0 bridgehead atoms. The Labute approximate surface area is 173 Å². The number of ether oxygens (including phenoxy) is 1. The Morgan fingerprint density at radius 3 is 2.87 bits per heavy atom. The maximum Gasteiger partial charge on any atom is 0.316 e. The van der Waals surface area contributed by atoms with E-state index < -0.39 is 0 Å². The summed E-state index contributed by atoms with van der Waals surface area (Å²) >= 11 is 0. The minimum atomic E-state index is -0.283. The van der Waals surface area contributed by atoms with Gasteiger partial charge in [0.15, 0.2) is 0 Å². The Hall–Kier alpha value is -3.78. The van der Waals surface area contributed by atoms with Gasteiger partial charge in [0.1, 0.15) is 0 Å². The topological polar surface area (TPSA) is 115 Å². The molecule has 0 spiro atoms. The lowest BCUT2D eigenvalue weighted by molar-refractivity contribution is 0.102. The number of anilines is 2. The monoisotopic (exact) mass is 402 g/mol. The molecule has 4 N–H and O–H groups in total. The second-order valence-electron chi connectivity index (χ2n) is 7.00. The van der Waals surface area contributed by atoms with Crippen LogP contribution in [0.2, 0.25) is 0 Å². The maximum atomic E-state index is 13.1. The van der Waals surface area contributed by atoms with Gasteiger partial charge >= 0.3 is 6.01 Å². The number of hydrogen-bond donors (Lipinski definition) is 3. The molecule has 0 aliphatic rings. The first-order valence-electron chi connectivity index (χ1n) is 9.54. The van der Waals surface area contributed by atoms with Crippen molar-refractivity contribution < 1.29 is 9.53 Å². The van der Waals surface area contributed by atoms with E-state index in [0.29, 0.717) is 28.7 Å². The fraction of sp³-hybridized carbons (Fsp3) is 0.182. The van der Waals surface area contributed by atoms with Crippen molar-refractivity contribution in [2.24, 2.45) is 5.73 Å². The van der Waals surface area contributed by atoms with Crippen LogP contribution in [0.25, 0.3) is 21.8 Å². The van der Waals surface area contributed by atoms with E-state index >= 15 is 0 Å². The van der Waals surface area contributed by atoms with Gasteiger partial charge in [-0.3, -0.25) is 9.78 Å². The molecule has 0 aliphatic carbocycles. The predicted octanol–water partition coefficient (Wildman–Crippen LogP) is 3.20. The fourth-order valence-electron chi connectivity index (χ4n) is 3.15. The summed E-state index contributed by atoms with van der Waals surface area (Å²) in [5, 5.41) is 7.92. The number of nitrogens with two attached hydrogens (primary N) is 1. The van der Waals surface area contributed by atoms with Crippen LogP contribution < -0.4 is 21.1 Å². The molecule has 0 unspecified atom stereocenters. The number of nitrogens with one attached hydrogen (secondary N) is 2. The van der Waals surface area contributed by atoms with Crippen LogP contribution in [0, 0.1) is 0 Å². The molecule has 4 rings (SSSR count). The van der Waals surface area contributed by atoms with Gasteiger partial charge in [-0.25, -0.2) is 4.98 Å². The molecule has 0 radical (unpaired) electrons. The van der Waals surface area contributed by atoms with Gasteiger partial charge in [0.25, 0.3) is 5.91 Å². The van der Waals surface area contributed by atoms with Crippen molar-refractivity contribution in [3.05, 3.63) is 60.4 Å². The van der Waals surface area contributed by atoms with Gasteiger partial charge in [-0.2, -0.15) is 4.98 Å². The highest BCUT2D eigenvalue weighted by atomic mass is 16.5. The van der Waals surface area contributed by atoms with E-state index in [0.717, 1.165) is 16.6 Å². The van der Waals surface area contributed by atoms with E-state index in [-0.39, 0.29) is 18.0 Å². The highest BCUT2D eigenvalue weighted by Gasteiger charge is 2.16. The summed E-state index contributed by atoms with van der Waals surface area (Å²) < 4.78 is 5.16. The van der Waals surface area contributed by atoms with E-state index in [1.807, 2.05) is 43.3 Å². The maximum absolute atomic E-state index is 13.1. The minimum Gasteiger partial charge on any atom is -0.467 e. The number of rotatable bonds is 6. The largest absolute Gasteiger partial charge is 0.467 e. The van der Waals surface area contributed by atoms with Crippen LogP contribution in [0.15, 0.2) is 54.9 Å². The average Bonchev–Trinajstić information content (AvgIpc) is 2.76. The van der Waals surface area contributed by atoms with Crippen molar-refractivity contribution in [3.63, 3.8) is 0 Å². The summed E-state index contributed by atoms with van der Waals surface area (Å²) in [6.45, 7) is 2.49. The van der Waals surface area contributed by atoms with Crippen molar-refractivity contribution >= 4 is 39.1 Å². The fourth-order valence-corrected chi connectivity index (χ4v) is 3.15. The van der Waals surface area contributed by atoms with Crippen LogP contribution in [-0.4, -0.2) is 40.6 Å². The highest BCUT2D eigenvalue weighted by molar-refractivity contribution is 6.14. The molecular formula is C22H22N6O2. The predicted molar refractivity (Wildman–Crippen MR) is 118 cm³/mol. The first kappa shape index (κ1) is 19.5. The van der Waals surface area contributed by atoms with Gasteiger partial charge < -0.3 is 21.1 Å². The third-order valence-electron chi connectivity index (χ3n) is 4.63. The quantitative estimate of drug-likeness (QED) is 0.454. The van der Waals surface area contributed by atoms with E-state index in [1.54, 1.807) is 18.5 Å². The lowest BCUT2D eigenvalue weighted by atomic mass is 10.1. The van der Waals surface area contributed by atoms with Crippen LogP contribution in [0.5, 0.6) is 6.01 Å². The summed E-state index contributed by atoms with van der Waals surface area (Å²) in [4.78, 5) is 26.0. The van der Waals surface area contributed by atoms with Crippen molar-refractivity contribution in [2.45, 2.75) is 13.0 Å². The number of carbonyl (C=O) groups excluding carboxylic acids is 1. The average molecular weight is 402 g/mol. The summed E-state index contributed by atoms with van der Waals surface area (Å²) in [6, 6.07) is 13.2. The van der Waals surface area contributed by atoms with Crippen LogP contribution in [0.1, 0.15) is 17.3 Å². The van der Waals surface area contributed by atoms with Gasteiger partial charge in [-0.1, -0.05) is 12.1 Å². The van der Waals surface area contributed by atoms with Crippen LogP contribution in [-0.2, 0) is 0 Å². The van der Waals surface area contributed by atoms with Crippen LogP contribution in [0.4, 0.5) is 11.4 Å². The SMILES string of the molecule is COc1ncc2c(NC[C@H](C)N)ccc(C(=O)Nc3ccc4cccnc4c3)c2n1. The molecule has 0 fully saturated rings. The molecule has 8 heteroatoms. The summed E-state index contributed by atoms with van der Waals surface area (Å²) in [5.41, 5.74) is 9.02. The van der Waals surface area contributed by atoms with Crippen molar-refractivity contribution in [2.75, 3.05) is 24.3 Å². The van der Waals surface area contributed by atoms with Gasteiger partial charge in [-0.05, 0) is 37.3 Å². The zero-order valence-electron chi connectivity index (χ0n) is 16.7. The second kappa shape index (κ2) is 8.30. The molecule has 30 heavy (non-hydrogen) atoms. The molecule has 0 aliphatic heterocycles. The third kappa shape index (κ3) is 3.99. The molecule has 8 nitrogen and oxygen atoms in total. The van der Waals surface area contributed by atoms with Gasteiger partial charge in [-0.15, -0.1) is 0 Å². The number of pyridine rings is 1. The number of carbonyl (C=O) groups is 1. The first-order chi connectivity index (χ1) is 14.5. The molecule has 1 atom stereocenters. The molecular weight excluding hydrogens is 380 g/mol. The number of benzene rings is 2. The number of hydrogen-bond acceptors (Lipinski definition) is 7. The number of amides is 1. The Kier molecular flexibility index (Phi) is 5.40. The summed E-state index contributed by atoms with van der Waals surface area (Å²) in [5.74, 6) is -0.283. The molecule has 0 saturated carbocycles. The second-order valence-corrected chi connectivity index (χ2v) is 7.00. The van der Waals surface area contributed by atoms with Gasteiger partial charge in [0.05, 0.1) is 23.7 Å². The molecule has 0 saturated heterocycles. The normalized spacial score (nSPS) is 12.0. The lowest BCUT2D eigenvalue weighted by Gasteiger charge is -2.14. The van der Waals surface area contributed by atoms with E-state index in [9.17, 15) is 4.79 Å². The Balaban J connectivity index is 1.70. The smallest absolute Gasteiger partial charge is 0.316 e. The van der Waals surface area contributed by atoms with Gasteiger partial charge in [0.2, 0.25) is 0 Å². The molecule has 2 aromatic carbocycles. The first-order valence-corrected chi connectivity index (χ1v) is 9.54.